The zero-order valence-corrected chi connectivity index (χ0v) is 29.9. The highest BCUT2D eigenvalue weighted by molar-refractivity contribution is 5.78. The second-order valence-corrected chi connectivity index (χ2v) is 12.3. The summed E-state index contributed by atoms with van der Waals surface area (Å²) in [6, 6.07) is 47.2. The SMILES string of the molecule is Nc1cc(Oc2c(C#Cc3ccccc3)c(C#Cc3ccccc3)c(Oc3ccc(O)c(N)c3)c(C#Cc3ccccc3)c2C#Cc2ccccc2)ccc1O. The number of aromatic hydroxyl groups is 2. The number of nitrogens with two attached hydrogens (primary N) is 2. The van der Waals surface area contributed by atoms with Gasteiger partial charge in [0.1, 0.15) is 23.0 Å². The van der Waals surface area contributed by atoms with Gasteiger partial charge in [0.2, 0.25) is 0 Å². The van der Waals surface area contributed by atoms with E-state index in [1.807, 2.05) is 121 Å². The molecule has 0 bridgehead atoms. The predicted molar refractivity (Wildman–Crippen MR) is 221 cm³/mol. The quantitative estimate of drug-likeness (QED) is 0.0818. The van der Waals surface area contributed by atoms with Crippen molar-refractivity contribution in [3.8, 4) is 81.9 Å². The zero-order chi connectivity index (χ0) is 38.7. The summed E-state index contributed by atoms with van der Waals surface area (Å²) in [4.78, 5) is 0. The maximum atomic E-state index is 10.3. The topological polar surface area (TPSA) is 111 Å². The molecule has 0 saturated heterocycles. The highest BCUT2D eigenvalue weighted by atomic mass is 16.5. The summed E-state index contributed by atoms with van der Waals surface area (Å²) in [6.07, 6.45) is 0. The van der Waals surface area contributed by atoms with Crippen LogP contribution in [-0.2, 0) is 0 Å². The Morgan fingerprint density at radius 3 is 0.857 bits per heavy atom. The molecular weight excluding hydrogens is 693 g/mol. The Hall–Kier alpha value is -8.42. The molecule has 7 rings (SSSR count). The van der Waals surface area contributed by atoms with Gasteiger partial charge in [-0.05, 0) is 72.8 Å². The molecule has 0 aliphatic heterocycles. The van der Waals surface area contributed by atoms with Crippen molar-refractivity contribution >= 4 is 11.4 Å². The molecule has 0 aliphatic rings. The van der Waals surface area contributed by atoms with E-state index in [-0.39, 0.29) is 34.4 Å². The van der Waals surface area contributed by atoms with Crippen molar-refractivity contribution in [3.63, 3.8) is 0 Å². The molecule has 0 aliphatic carbocycles. The molecule has 56 heavy (non-hydrogen) atoms. The highest BCUT2D eigenvalue weighted by Crippen LogP contribution is 2.43. The first-order valence-electron chi connectivity index (χ1n) is 17.5. The van der Waals surface area contributed by atoms with Crippen LogP contribution in [0, 0.1) is 47.4 Å². The maximum absolute atomic E-state index is 10.3. The third-order valence-electron chi connectivity index (χ3n) is 8.27. The van der Waals surface area contributed by atoms with Crippen LogP contribution in [0.1, 0.15) is 44.5 Å². The van der Waals surface area contributed by atoms with Crippen molar-refractivity contribution in [2.24, 2.45) is 0 Å². The molecule has 0 radical (unpaired) electrons. The monoisotopic (exact) mass is 724 g/mol. The van der Waals surface area contributed by atoms with Crippen molar-refractivity contribution in [1.82, 2.24) is 0 Å². The Balaban J connectivity index is 1.64. The normalized spacial score (nSPS) is 9.86. The van der Waals surface area contributed by atoms with E-state index in [1.165, 1.54) is 24.3 Å². The lowest BCUT2D eigenvalue weighted by Gasteiger charge is -2.19. The largest absolute Gasteiger partial charge is 0.506 e. The highest BCUT2D eigenvalue weighted by Gasteiger charge is 2.26. The first-order valence-corrected chi connectivity index (χ1v) is 17.5. The van der Waals surface area contributed by atoms with Crippen LogP contribution in [0.25, 0.3) is 0 Å². The molecule has 6 heteroatoms. The third-order valence-corrected chi connectivity index (χ3v) is 8.27. The number of rotatable bonds is 4. The number of hydrogen-bond acceptors (Lipinski definition) is 6. The maximum Gasteiger partial charge on any atom is 0.161 e. The summed E-state index contributed by atoms with van der Waals surface area (Å²) in [6.45, 7) is 0. The summed E-state index contributed by atoms with van der Waals surface area (Å²) in [5.74, 6) is 27.4. The van der Waals surface area contributed by atoms with E-state index < -0.39 is 0 Å². The van der Waals surface area contributed by atoms with Crippen LogP contribution < -0.4 is 20.9 Å². The van der Waals surface area contributed by atoms with Crippen LogP contribution in [0.5, 0.6) is 34.5 Å². The second kappa shape index (κ2) is 16.9. The minimum Gasteiger partial charge on any atom is -0.506 e. The fourth-order valence-corrected chi connectivity index (χ4v) is 5.44. The summed E-state index contributed by atoms with van der Waals surface area (Å²) in [5.41, 5.74) is 16.9. The Labute approximate surface area is 325 Å². The minimum atomic E-state index is -0.0914. The molecule has 0 aromatic heterocycles. The van der Waals surface area contributed by atoms with Gasteiger partial charge < -0.3 is 31.2 Å². The Kier molecular flexibility index (Phi) is 10.9. The van der Waals surface area contributed by atoms with Gasteiger partial charge in [0.25, 0.3) is 0 Å². The van der Waals surface area contributed by atoms with E-state index in [9.17, 15) is 10.2 Å². The van der Waals surface area contributed by atoms with E-state index in [2.05, 4.69) is 47.4 Å². The molecule has 0 atom stereocenters. The number of hydrogen-bond donors (Lipinski definition) is 4. The molecule has 6 N–H and O–H groups in total. The summed E-state index contributed by atoms with van der Waals surface area (Å²) in [5, 5.41) is 20.6. The molecule has 6 nitrogen and oxygen atoms in total. The van der Waals surface area contributed by atoms with Gasteiger partial charge in [0.15, 0.2) is 11.5 Å². The minimum absolute atomic E-state index is 0.0914. The van der Waals surface area contributed by atoms with E-state index in [0.717, 1.165) is 22.3 Å². The van der Waals surface area contributed by atoms with Gasteiger partial charge in [-0.1, -0.05) is 120 Å². The molecule has 7 aromatic rings. The average molecular weight is 725 g/mol. The van der Waals surface area contributed by atoms with Crippen molar-refractivity contribution in [1.29, 1.82) is 0 Å². The molecule has 266 valence electrons. The molecule has 0 spiro atoms. The first kappa shape index (κ1) is 36.0. The van der Waals surface area contributed by atoms with E-state index in [0.29, 0.717) is 33.8 Å². The molecule has 0 fully saturated rings. The van der Waals surface area contributed by atoms with Crippen LogP contribution in [-0.4, -0.2) is 10.2 Å². The van der Waals surface area contributed by atoms with Crippen LogP contribution in [0.15, 0.2) is 158 Å². The lowest BCUT2D eigenvalue weighted by atomic mass is 9.94. The number of phenolic OH excluding ortho intramolecular Hbond substituents is 2. The van der Waals surface area contributed by atoms with E-state index in [4.69, 9.17) is 20.9 Å². The predicted octanol–water partition coefficient (Wildman–Crippen LogP) is 9.45. The Bertz CT molecular complexity index is 2460. The molecule has 7 aromatic carbocycles. The van der Waals surface area contributed by atoms with Crippen LogP contribution in [0.3, 0.4) is 0 Å². The summed E-state index contributed by atoms with van der Waals surface area (Å²) >= 11 is 0. The van der Waals surface area contributed by atoms with Gasteiger partial charge in [-0.15, -0.1) is 0 Å². The molecule has 0 saturated carbocycles. The second-order valence-electron chi connectivity index (χ2n) is 12.3. The fraction of sp³-hybridized carbons (Fsp3) is 0. The van der Waals surface area contributed by atoms with Gasteiger partial charge in [0, 0.05) is 34.4 Å². The van der Waals surface area contributed by atoms with Gasteiger partial charge in [-0.2, -0.15) is 0 Å². The van der Waals surface area contributed by atoms with Crippen LogP contribution >= 0.6 is 0 Å². The number of ether oxygens (including phenoxy) is 2. The van der Waals surface area contributed by atoms with Crippen LogP contribution in [0.2, 0.25) is 0 Å². The smallest absolute Gasteiger partial charge is 0.161 e. The van der Waals surface area contributed by atoms with E-state index >= 15 is 0 Å². The van der Waals surface area contributed by atoms with E-state index in [1.54, 1.807) is 12.1 Å². The van der Waals surface area contributed by atoms with Crippen molar-refractivity contribution < 1.29 is 19.7 Å². The van der Waals surface area contributed by atoms with Gasteiger partial charge >= 0.3 is 0 Å². The number of anilines is 2. The van der Waals surface area contributed by atoms with Crippen LogP contribution in [0.4, 0.5) is 11.4 Å². The lowest BCUT2D eigenvalue weighted by Crippen LogP contribution is -2.04. The first-order chi connectivity index (χ1) is 27.4. The zero-order valence-electron chi connectivity index (χ0n) is 29.9. The fourth-order valence-electron chi connectivity index (χ4n) is 5.44. The number of nitrogen functional groups attached to an aromatic ring is 2. The van der Waals surface area contributed by atoms with Gasteiger partial charge in [0.05, 0.1) is 33.6 Å². The van der Waals surface area contributed by atoms with Crippen molar-refractivity contribution in [2.45, 2.75) is 0 Å². The molecule has 0 heterocycles. The average Bonchev–Trinajstić information content (AvgIpc) is 3.23. The molecular formula is C50H32N2O4. The molecule has 0 amide bonds. The summed E-state index contributed by atoms with van der Waals surface area (Å²) < 4.78 is 13.5. The van der Waals surface area contributed by atoms with Gasteiger partial charge in [-0.25, -0.2) is 0 Å². The van der Waals surface area contributed by atoms with Gasteiger partial charge in [-0.3, -0.25) is 0 Å². The lowest BCUT2D eigenvalue weighted by molar-refractivity contribution is 0.457. The number of benzene rings is 7. The summed E-state index contributed by atoms with van der Waals surface area (Å²) in [7, 11) is 0. The standard InChI is InChI=1S/C50H32N2O4/c51-45-33-39(25-31-47(45)53)55-49-41(27-21-35-13-5-1-6-14-35)42(28-22-36-15-7-2-8-16-36)50(56-40-26-32-48(54)46(52)34-40)44(30-24-38-19-11-4-12-20-38)43(49)29-23-37-17-9-3-10-18-37/h1-20,25-26,31-34,53-54H,51-52H2. The van der Waals surface area contributed by atoms with Crippen molar-refractivity contribution in [3.05, 3.63) is 202 Å². The Morgan fingerprint density at radius 2 is 0.607 bits per heavy atom. The third kappa shape index (κ3) is 8.78. The Morgan fingerprint density at radius 1 is 0.339 bits per heavy atom. The number of phenols is 2. The van der Waals surface area contributed by atoms with Crippen molar-refractivity contribution in [2.75, 3.05) is 11.5 Å². The molecule has 0 unspecified atom stereocenters.